The zero-order valence-corrected chi connectivity index (χ0v) is 23.9. The first-order valence-electron chi connectivity index (χ1n) is 12.7. The van der Waals surface area contributed by atoms with Crippen molar-refractivity contribution in [3.63, 3.8) is 0 Å². The predicted molar refractivity (Wildman–Crippen MR) is 150 cm³/mol. The van der Waals surface area contributed by atoms with Crippen LogP contribution in [-0.4, -0.2) is 43.7 Å². The Labute approximate surface area is 223 Å². The van der Waals surface area contributed by atoms with Crippen LogP contribution in [0.2, 0.25) is 5.04 Å². The van der Waals surface area contributed by atoms with Gasteiger partial charge >= 0.3 is 5.97 Å². The molecule has 1 saturated heterocycles. The number of aromatic nitrogens is 2. The molecular formula is C29H34N2O4SSi. The molecule has 1 fully saturated rings. The molecule has 3 heterocycles. The summed E-state index contributed by atoms with van der Waals surface area (Å²) < 4.78 is 20.2. The second-order valence-corrected chi connectivity index (χ2v) is 15.9. The van der Waals surface area contributed by atoms with Crippen molar-refractivity contribution >= 4 is 46.3 Å². The van der Waals surface area contributed by atoms with Crippen molar-refractivity contribution in [3.8, 4) is 0 Å². The number of aryl methyl sites for hydroxylation is 1. The number of ether oxygens (including phenoxy) is 2. The summed E-state index contributed by atoms with van der Waals surface area (Å²) in [5.41, 5.74) is 1.87. The summed E-state index contributed by atoms with van der Waals surface area (Å²) in [5, 5.41) is 2.34. The molecule has 37 heavy (non-hydrogen) atoms. The number of rotatable bonds is 8. The number of methoxy groups -OCH3 is 1. The van der Waals surface area contributed by atoms with Gasteiger partial charge in [0.2, 0.25) is 0 Å². The number of esters is 1. The van der Waals surface area contributed by atoms with E-state index in [-0.39, 0.29) is 17.1 Å². The van der Waals surface area contributed by atoms with Gasteiger partial charge in [-0.2, -0.15) is 0 Å². The molecule has 0 spiro atoms. The van der Waals surface area contributed by atoms with E-state index in [1.807, 2.05) is 6.92 Å². The van der Waals surface area contributed by atoms with E-state index in [9.17, 15) is 4.79 Å². The van der Waals surface area contributed by atoms with Crippen molar-refractivity contribution in [2.75, 3.05) is 13.7 Å². The van der Waals surface area contributed by atoms with Gasteiger partial charge in [0.15, 0.2) is 0 Å². The van der Waals surface area contributed by atoms with Crippen LogP contribution in [0.5, 0.6) is 0 Å². The Balaban J connectivity index is 1.61. The summed E-state index contributed by atoms with van der Waals surface area (Å²) in [6.45, 7) is 10.6. The smallest absolute Gasteiger partial charge is 0.348 e. The lowest BCUT2D eigenvalue weighted by Gasteiger charge is -2.43. The minimum Gasteiger partial charge on any atom is -0.465 e. The summed E-state index contributed by atoms with van der Waals surface area (Å²) >= 11 is 1.38. The Kier molecular flexibility index (Phi) is 7.11. The number of thiophene rings is 1. The molecular weight excluding hydrogens is 500 g/mol. The topological polar surface area (TPSA) is 62.6 Å². The van der Waals surface area contributed by atoms with Crippen LogP contribution in [0.4, 0.5) is 0 Å². The average Bonchev–Trinajstić information content (AvgIpc) is 3.37. The molecule has 2 aromatic carbocycles. The van der Waals surface area contributed by atoms with Crippen molar-refractivity contribution in [1.29, 1.82) is 0 Å². The van der Waals surface area contributed by atoms with E-state index >= 15 is 0 Å². The van der Waals surface area contributed by atoms with Crippen molar-refractivity contribution in [3.05, 3.63) is 76.9 Å². The zero-order valence-electron chi connectivity index (χ0n) is 22.1. The number of hydrogen-bond acceptors (Lipinski definition) is 6. The van der Waals surface area contributed by atoms with E-state index < -0.39 is 8.32 Å². The number of carbonyl (C=O) groups excluding carboxylic acids is 1. The standard InChI is InChI=1S/C29H34N2O4SSi/c1-20-25-27(36-26(20)28(32)33-5)30-24(31(25)18-21-16-17-34-21)19-35-37(29(2,3)4,22-12-8-6-9-13-22)23-14-10-7-11-15-23/h6-15,21H,16-19H2,1-5H3/t21-/m0/s1. The second-order valence-electron chi connectivity index (χ2n) is 10.6. The normalized spacial score (nSPS) is 16.1. The predicted octanol–water partition coefficient (Wildman–Crippen LogP) is 5.06. The van der Waals surface area contributed by atoms with Crippen LogP contribution in [0.15, 0.2) is 60.7 Å². The van der Waals surface area contributed by atoms with E-state index in [1.54, 1.807) is 0 Å². The maximum absolute atomic E-state index is 12.4. The summed E-state index contributed by atoms with van der Waals surface area (Å²) in [4.78, 5) is 18.8. The van der Waals surface area contributed by atoms with Gasteiger partial charge in [-0.3, -0.25) is 0 Å². The third kappa shape index (κ3) is 4.56. The van der Waals surface area contributed by atoms with Gasteiger partial charge in [-0.1, -0.05) is 81.4 Å². The van der Waals surface area contributed by atoms with Crippen LogP contribution < -0.4 is 10.4 Å². The molecule has 1 aliphatic heterocycles. The van der Waals surface area contributed by atoms with Gasteiger partial charge in [0.1, 0.15) is 15.5 Å². The monoisotopic (exact) mass is 534 g/mol. The molecule has 0 bridgehead atoms. The van der Waals surface area contributed by atoms with Gasteiger partial charge in [0.05, 0.1) is 31.9 Å². The van der Waals surface area contributed by atoms with Crippen LogP contribution in [0.3, 0.4) is 0 Å². The minimum absolute atomic E-state index is 0.129. The van der Waals surface area contributed by atoms with Crippen LogP contribution in [0.1, 0.15) is 48.3 Å². The largest absolute Gasteiger partial charge is 0.465 e. The van der Waals surface area contributed by atoms with Crippen molar-refractivity contribution in [1.82, 2.24) is 9.55 Å². The highest BCUT2D eigenvalue weighted by Crippen LogP contribution is 2.38. The first-order chi connectivity index (χ1) is 17.8. The lowest BCUT2D eigenvalue weighted by Crippen LogP contribution is -2.66. The van der Waals surface area contributed by atoms with Gasteiger partial charge in [-0.25, -0.2) is 9.78 Å². The summed E-state index contributed by atoms with van der Waals surface area (Å²) in [5.74, 6) is 0.543. The van der Waals surface area contributed by atoms with E-state index in [4.69, 9.17) is 18.9 Å². The molecule has 0 aliphatic carbocycles. The van der Waals surface area contributed by atoms with E-state index in [1.165, 1.54) is 28.8 Å². The van der Waals surface area contributed by atoms with E-state index in [0.717, 1.165) is 34.8 Å². The number of fused-ring (bicyclic) bond motifs is 1. The molecule has 0 amide bonds. The van der Waals surface area contributed by atoms with Crippen LogP contribution in [0.25, 0.3) is 10.3 Å². The lowest BCUT2D eigenvalue weighted by atomic mass is 10.2. The fourth-order valence-electron chi connectivity index (χ4n) is 5.35. The number of carbonyl (C=O) groups is 1. The number of imidazole rings is 1. The third-order valence-corrected chi connectivity index (χ3v) is 13.4. The lowest BCUT2D eigenvalue weighted by molar-refractivity contribution is -0.0592. The van der Waals surface area contributed by atoms with Gasteiger partial charge in [-0.05, 0) is 28.8 Å². The number of hydrogen-bond donors (Lipinski definition) is 0. The maximum atomic E-state index is 12.4. The molecule has 6 nitrogen and oxygen atoms in total. The Morgan fingerprint density at radius 1 is 1.11 bits per heavy atom. The molecule has 0 radical (unpaired) electrons. The average molecular weight is 535 g/mol. The minimum atomic E-state index is -2.72. The highest BCUT2D eigenvalue weighted by atomic mass is 32.1. The highest BCUT2D eigenvalue weighted by Gasteiger charge is 2.50. The molecule has 4 aromatic rings. The van der Waals surface area contributed by atoms with Gasteiger partial charge in [0, 0.05) is 12.2 Å². The number of nitrogens with zero attached hydrogens (tertiary/aromatic N) is 2. The Hall–Kier alpha value is -2.78. The number of benzene rings is 2. The molecule has 1 atom stereocenters. The molecule has 8 heteroatoms. The van der Waals surface area contributed by atoms with Gasteiger partial charge in [0.25, 0.3) is 8.32 Å². The van der Waals surface area contributed by atoms with Crippen molar-refractivity contribution in [2.24, 2.45) is 0 Å². The van der Waals surface area contributed by atoms with Crippen LogP contribution >= 0.6 is 11.3 Å². The summed E-state index contributed by atoms with van der Waals surface area (Å²) in [7, 11) is -1.31. The zero-order chi connectivity index (χ0) is 26.2. The summed E-state index contributed by atoms with van der Waals surface area (Å²) in [6.07, 6.45) is 1.16. The molecule has 0 unspecified atom stereocenters. The van der Waals surface area contributed by atoms with Crippen LogP contribution in [0, 0.1) is 6.92 Å². The quantitative estimate of drug-likeness (QED) is 0.234. The molecule has 1 aliphatic rings. The van der Waals surface area contributed by atoms with E-state index in [2.05, 4.69) is 86.0 Å². The SMILES string of the molecule is COC(=O)c1sc2nc(CO[Si](c3ccccc3)(c3ccccc3)C(C)(C)C)n(C[C@@H]3CCO3)c2c1C. The fourth-order valence-corrected chi connectivity index (χ4v) is 11.0. The molecule has 0 N–H and O–H groups in total. The third-order valence-electron chi connectivity index (χ3n) is 7.29. The maximum Gasteiger partial charge on any atom is 0.348 e. The van der Waals surface area contributed by atoms with Gasteiger partial charge < -0.3 is 18.5 Å². The van der Waals surface area contributed by atoms with Crippen molar-refractivity contribution < 1.29 is 18.7 Å². The molecule has 0 saturated carbocycles. The Morgan fingerprint density at radius 2 is 1.70 bits per heavy atom. The second kappa shape index (κ2) is 10.2. The van der Waals surface area contributed by atoms with E-state index in [0.29, 0.717) is 18.0 Å². The Morgan fingerprint density at radius 3 is 2.19 bits per heavy atom. The van der Waals surface area contributed by atoms with Crippen LogP contribution in [-0.2, 0) is 27.1 Å². The first-order valence-corrected chi connectivity index (χ1v) is 15.4. The molecule has 194 valence electrons. The summed E-state index contributed by atoms with van der Waals surface area (Å²) in [6, 6.07) is 21.3. The fraction of sp³-hybridized carbons (Fsp3) is 0.379. The molecule has 2 aromatic heterocycles. The first kappa shape index (κ1) is 25.8. The highest BCUT2D eigenvalue weighted by molar-refractivity contribution is 7.20. The van der Waals surface area contributed by atoms with Gasteiger partial charge in [-0.15, -0.1) is 11.3 Å². The van der Waals surface area contributed by atoms with Crippen molar-refractivity contribution in [2.45, 2.75) is 58.4 Å². The Bertz CT molecular complexity index is 1350. The molecule has 5 rings (SSSR count).